The van der Waals surface area contributed by atoms with Crippen molar-refractivity contribution in [2.24, 2.45) is 0 Å². The van der Waals surface area contributed by atoms with Crippen LogP contribution >= 0.6 is 11.8 Å². The maximum Gasteiger partial charge on any atom is 0.271 e. The normalized spacial score (nSPS) is 10.4. The van der Waals surface area contributed by atoms with Gasteiger partial charge in [0.1, 0.15) is 5.82 Å². The number of amides is 1. The molecule has 0 unspecified atom stereocenters. The van der Waals surface area contributed by atoms with Crippen molar-refractivity contribution in [1.82, 2.24) is 9.97 Å². The van der Waals surface area contributed by atoms with Crippen LogP contribution in [0, 0.1) is 15.9 Å². The SMILES string of the molecule is O=C(CSc1nccc(-c2ccc(F)cc2)n1)Nc1cccc([N+](=O)[O-])c1. The number of hydrogen-bond donors (Lipinski definition) is 1. The topological polar surface area (TPSA) is 98.0 Å². The summed E-state index contributed by atoms with van der Waals surface area (Å²) in [5.41, 5.74) is 1.60. The molecule has 0 aliphatic heterocycles. The van der Waals surface area contributed by atoms with Gasteiger partial charge in [0.25, 0.3) is 5.69 Å². The van der Waals surface area contributed by atoms with Crippen molar-refractivity contribution in [3.8, 4) is 11.3 Å². The molecule has 136 valence electrons. The minimum Gasteiger partial charge on any atom is -0.325 e. The number of aromatic nitrogens is 2. The van der Waals surface area contributed by atoms with E-state index < -0.39 is 4.92 Å². The van der Waals surface area contributed by atoms with E-state index >= 15 is 0 Å². The highest BCUT2D eigenvalue weighted by Crippen LogP contribution is 2.21. The number of hydrogen-bond acceptors (Lipinski definition) is 6. The molecule has 0 saturated carbocycles. The minimum absolute atomic E-state index is 0.0373. The van der Waals surface area contributed by atoms with Crippen LogP contribution in [0.4, 0.5) is 15.8 Å². The van der Waals surface area contributed by atoms with E-state index in [-0.39, 0.29) is 23.2 Å². The van der Waals surface area contributed by atoms with Gasteiger partial charge in [0.2, 0.25) is 5.91 Å². The molecule has 0 aliphatic rings. The molecule has 7 nitrogen and oxygen atoms in total. The third-order valence-corrected chi connectivity index (χ3v) is 4.31. The molecular formula is C18H13FN4O3S. The number of nitro groups is 1. The van der Waals surface area contributed by atoms with Crippen LogP contribution in [-0.4, -0.2) is 26.6 Å². The molecule has 1 amide bonds. The van der Waals surface area contributed by atoms with E-state index in [0.29, 0.717) is 16.5 Å². The fraction of sp³-hybridized carbons (Fsp3) is 0.0556. The quantitative estimate of drug-likeness (QED) is 0.299. The zero-order valence-electron chi connectivity index (χ0n) is 13.8. The lowest BCUT2D eigenvalue weighted by molar-refractivity contribution is -0.384. The van der Waals surface area contributed by atoms with Crippen LogP contribution in [0.25, 0.3) is 11.3 Å². The highest BCUT2D eigenvalue weighted by molar-refractivity contribution is 7.99. The van der Waals surface area contributed by atoms with E-state index in [4.69, 9.17) is 0 Å². The van der Waals surface area contributed by atoms with Gasteiger partial charge < -0.3 is 5.32 Å². The summed E-state index contributed by atoms with van der Waals surface area (Å²) < 4.78 is 13.0. The first-order chi connectivity index (χ1) is 13.0. The zero-order valence-corrected chi connectivity index (χ0v) is 14.6. The largest absolute Gasteiger partial charge is 0.325 e. The van der Waals surface area contributed by atoms with Crippen LogP contribution in [0.2, 0.25) is 0 Å². The summed E-state index contributed by atoms with van der Waals surface area (Å²) in [5.74, 6) is -0.633. The second-order valence-electron chi connectivity index (χ2n) is 5.38. The molecule has 3 rings (SSSR count). The van der Waals surface area contributed by atoms with E-state index in [2.05, 4.69) is 15.3 Å². The second kappa shape index (κ2) is 8.37. The molecule has 0 aliphatic carbocycles. The van der Waals surface area contributed by atoms with Crippen LogP contribution < -0.4 is 5.32 Å². The minimum atomic E-state index is -0.529. The molecule has 27 heavy (non-hydrogen) atoms. The molecule has 0 bridgehead atoms. The molecule has 2 aromatic carbocycles. The van der Waals surface area contributed by atoms with Gasteiger partial charge in [0.05, 0.1) is 16.4 Å². The molecule has 1 aromatic heterocycles. The van der Waals surface area contributed by atoms with Crippen LogP contribution in [0.1, 0.15) is 0 Å². The molecule has 1 heterocycles. The summed E-state index contributed by atoms with van der Waals surface area (Å²) in [6.45, 7) is 0. The zero-order chi connectivity index (χ0) is 19.2. The molecule has 0 spiro atoms. The van der Waals surface area contributed by atoms with Crippen LogP contribution in [0.5, 0.6) is 0 Å². The summed E-state index contributed by atoms with van der Waals surface area (Å²) >= 11 is 1.13. The first kappa shape index (κ1) is 18.5. The standard InChI is InChI=1S/C18H13FN4O3S/c19-13-6-4-12(5-7-13)16-8-9-20-18(22-16)27-11-17(24)21-14-2-1-3-15(10-14)23(25)26/h1-10H,11H2,(H,21,24). The summed E-state index contributed by atoms with van der Waals surface area (Å²) in [7, 11) is 0. The monoisotopic (exact) mass is 384 g/mol. The van der Waals surface area contributed by atoms with Gasteiger partial charge in [0.15, 0.2) is 5.16 Å². The number of nitrogens with zero attached hydrogens (tertiary/aromatic N) is 3. The summed E-state index contributed by atoms with van der Waals surface area (Å²) in [6, 6.07) is 13.3. The van der Waals surface area contributed by atoms with Crippen molar-refractivity contribution in [3.63, 3.8) is 0 Å². The van der Waals surface area contributed by atoms with E-state index in [1.807, 2.05) is 0 Å². The number of carbonyl (C=O) groups excluding carboxylic acids is 1. The predicted octanol–water partition coefficient (Wildman–Crippen LogP) is 3.92. The Morgan fingerprint density at radius 1 is 1.19 bits per heavy atom. The maximum absolute atomic E-state index is 13.0. The van der Waals surface area contributed by atoms with E-state index in [1.165, 1.54) is 30.3 Å². The molecular weight excluding hydrogens is 371 g/mol. The number of thioether (sulfide) groups is 1. The van der Waals surface area contributed by atoms with Gasteiger partial charge >= 0.3 is 0 Å². The summed E-state index contributed by atoms with van der Waals surface area (Å²) in [5, 5.41) is 13.8. The number of halogens is 1. The third kappa shape index (κ3) is 5.08. The average Bonchev–Trinajstić information content (AvgIpc) is 2.67. The number of anilines is 1. The van der Waals surface area contributed by atoms with Crippen molar-refractivity contribution in [3.05, 3.63) is 76.7 Å². The first-order valence-electron chi connectivity index (χ1n) is 7.77. The van der Waals surface area contributed by atoms with Gasteiger partial charge in [0, 0.05) is 29.6 Å². The van der Waals surface area contributed by atoms with Crippen molar-refractivity contribution < 1.29 is 14.1 Å². The van der Waals surface area contributed by atoms with Gasteiger partial charge in [-0.15, -0.1) is 0 Å². The third-order valence-electron chi connectivity index (χ3n) is 3.45. The van der Waals surface area contributed by atoms with E-state index in [0.717, 1.165) is 17.3 Å². The van der Waals surface area contributed by atoms with Gasteiger partial charge in [-0.05, 0) is 36.4 Å². The van der Waals surface area contributed by atoms with E-state index in [9.17, 15) is 19.3 Å². The Morgan fingerprint density at radius 3 is 2.70 bits per heavy atom. The predicted molar refractivity (Wildman–Crippen MR) is 99.9 cm³/mol. The van der Waals surface area contributed by atoms with Gasteiger partial charge in [-0.3, -0.25) is 14.9 Å². The maximum atomic E-state index is 13.0. The van der Waals surface area contributed by atoms with Crippen LogP contribution in [0.3, 0.4) is 0 Å². The van der Waals surface area contributed by atoms with Gasteiger partial charge in [-0.2, -0.15) is 0 Å². The Balaban J connectivity index is 1.62. The van der Waals surface area contributed by atoms with Gasteiger partial charge in [-0.1, -0.05) is 17.8 Å². The Bertz CT molecular complexity index is 982. The van der Waals surface area contributed by atoms with E-state index in [1.54, 1.807) is 30.5 Å². The number of carbonyl (C=O) groups is 1. The molecule has 0 saturated heterocycles. The van der Waals surface area contributed by atoms with Crippen molar-refractivity contribution in [1.29, 1.82) is 0 Å². The second-order valence-corrected chi connectivity index (χ2v) is 6.32. The Morgan fingerprint density at radius 2 is 1.96 bits per heavy atom. The number of rotatable bonds is 6. The highest BCUT2D eigenvalue weighted by atomic mass is 32.2. The van der Waals surface area contributed by atoms with Gasteiger partial charge in [-0.25, -0.2) is 14.4 Å². The summed E-state index contributed by atoms with van der Waals surface area (Å²) in [4.78, 5) is 30.8. The fourth-order valence-corrected chi connectivity index (χ4v) is 2.85. The Labute approximate surface area is 157 Å². The number of nitrogens with one attached hydrogen (secondary N) is 1. The van der Waals surface area contributed by atoms with Crippen LogP contribution in [-0.2, 0) is 4.79 Å². The van der Waals surface area contributed by atoms with Crippen LogP contribution in [0.15, 0.2) is 66.0 Å². The Kier molecular flexibility index (Phi) is 5.72. The highest BCUT2D eigenvalue weighted by Gasteiger charge is 2.10. The lowest BCUT2D eigenvalue weighted by Gasteiger charge is -2.06. The molecule has 1 N–H and O–H groups in total. The van der Waals surface area contributed by atoms with Crippen molar-refractivity contribution in [2.75, 3.05) is 11.1 Å². The molecule has 0 atom stereocenters. The fourth-order valence-electron chi connectivity index (χ4n) is 2.22. The molecule has 9 heteroatoms. The number of non-ortho nitro benzene ring substituents is 1. The van der Waals surface area contributed by atoms with Crippen molar-refractivity contribution >= 4 is 29.0 Å². The number of nitro benzene ring substituents is 1. The van der Waals surface area contributed by atoms with Crippen molar-refractivity contribution in [2.45, 2.75) is 5.16 Å². The molecule has 3 aromatic rings. The molecule has 0 radical (unpaired) electrons. The summed E-state index contributed by atoms with van der Waals surface area (Å²) in [6.07, 6.45) is 1.56. The Hall–Kier alpha value is -3.33. The lowest BCUT2D eigenvalue weighted by atomic mass is 10.1. The average molecular weight is 384 g/mol. The smallest absolute Gasteiger partial charge is 0.271 e. The number of benzene rings is 2. The molecule has 0 fully saturated rings. The lowest BCUT2D eigenvalue weighted by Crippen LogP contribution is -2.14. The first-order valence-corrected chi connectivity index (χ1v) is 8.76.